The second-order valence-electron chi connectivity index (χ2n) is 5.88. The van der Waals surface area contributed by atoms with Gasteiger partial charge in [-0.15, -0.1) is 0 Å². The monoisotopic (exact) mass is 275 g/mol. The molecular weight excluding hydrogens is 250 g/mol. The summed E-state index contributed by atoms with van der Waals surface area (Å²) in [5.41, 5.74) is 2.56. The number of hydrogen-bond donors (Lipinski definition) is 1. The Kier molecular flexibility index (Phi) is 4.63. The zero-order valence-electron chi connectivity index (χ0n) is 12.4. The molecule has 0 saturated carbocycles. The van der Waals surface area contributed by atoms with Gasteiger partial charge in [-0.2, -0.15) is 0 Å². The van der Waals surface area contributed by atoms with Gasteiger partial charge in [-0.1, -0.05) is 13.3 Å². The molecule has 0 spiro atoms. The van der Waals surface area contributed by atoms with Crippen LogP contribution < -0.4 is 5.32 Å². The first-order chi connectivity index (χ1) is 9.88. The molecule has 1 aliphatic heterocycles. The van der Waals surface area contributed by atoms with E-state index in [9.17, 15) is 0 Å². The van der Waals surface area contributed by atoms with Gasteiger partial charge < -0.3 is 10.1 Å². The molecule has 2 unspecified atom stereocenters. The number of ether oxygens (including phenoxy) is 1. The first kappa shape index (κ1) is 14.0. The summed E-state index contributed by atoms with van der Waals surface area (Å²) in [5.74, 6) is 0.900. The van der Waals surface area contributed by atoms with E-state index in [-0.39, 0.29) is 6.10 Å². The minimum Gasteiger partial charge on any atom is -0.370 e. The van der Waals surface area contributed by atoms with E-state index in [0.717, 1.165) is 38.2 Å². The van der Waals surface area contributed by atoms with Gasteiger partial charge in [0.15, 0.2) is 5.82 Å². The SMILES string of the molecule is CCCNC1CCCCc2nc(C3CCCO3)ncc21. The third-order valence-corrected chi connectivity index (χ3v) is 4.31. The molecule has 0 radical (unpaired) electrons. The van der Waals surface area contributed by atoms with Crippen LogP contribution in [0.3, 0.4) is 0 Å². The third kappa shape index (κ3) is 3.01. The lowest BCUT2D eigenvalue weighted by Crippen LogP contribution is -2.23. The molecule has 0 bridgehead atoms. The van der Waals surface area contributed by atoms with Crippen molar-refractivity contribution in [3.8, 4) is 0 Å². The Morgan fingerprint density at radius 3 is 3.05 bits per heavy atom. The predicted molar refractivity (Wildman–Crippen MR) is 78.5 cm³/mol. The molecule has 4 heteroatoms. The predicted octanol–water partition coefficient (Wildman–Crippen LogP) is 3.10. The van der Waals surface area contributed by atoms with E-state index in [0.29, 0.717) is 6.04 Å². The molecule has 2 atom stereocenters. The van der Waals surface area contributed by atoms with Crippen molar-refractivity contribution in [1.82, 2.24) is 15.3 Å². The van der Waals surface area contributed by atoms with Gasteiger partial charge in [-0.25, -0.2) is 9.97 Å². The minimum absolute atomic E-state index is 0.130. The molecule has 4 nitrogen and oxygen atoms in total. The van der Waals surface area contributed by atoms with Crippen LogP contribution in [0.2, 0.25) is 0 Å². The standard InChI is InChI=1S/C16H25N3O/c1-2-9-17-13-6-3-4-7-14-12(13)11-18-16(19-14)15-8-5-10-20-15/h11,13,15,17H,2-10H2,1H3. The second-order valence-corrected chi connectivity index (χ2v) is 5.88. The topological polar surface area (TPSA) is 47.0 Å². The fourth-order valence-electron chi connectivity index (χ4n) is 3.20. The molecule has 3 rings (SSSR count). The summed E-state index contributed by atoms with van der Waals surface area (Å²) in [6.45, 7) is 4.13. The summed E-state index contributed by atoms with van der Waals surface area (Å²) in [6, 6.07) is 0.436. The van der Waals surface area contributed by atoms with E-state index in [1.807, 2.05) is 0 Å². The molecule has 1 saturated heterocycles. The van der Waals surface area contributed by atoms with Gasteiger partial charge in [-0.05, 0) is 45.1 Å². The van der Waals surface area contributed by atoms with Crippen LogP contribution in [-0.4, -0.2) is 23.1 Å². The smallest absolute Gasteiger partial charge is 0.157 e. The van der Waals surface area contributed by atoms with Crippen molar-refractivity contribution in [2.24, 2.45) is 0 Å². The summed E-state index contributed by atoms with van der Waals surface area (Å²) in [4.78, 5) is 9.44. The van der Waals surface area contributed by atoms with Crippen molar-refractivity contribution in [3.05, 3.63) is 23.3 Å². The zero-order valence-corrected chi connectivity index (χ0v) is 12.4. The van der Waals surface area contributed by atoms with Crippen molar-refractivity contribution in [2.75, 3.05) is 13.2 Å². The van der Waals surface area contributed by atoms with Gasteiger partial charge in [0.1, 0.15) is 6.10 Å². The van der Waals surface area contributed by atoms with Crippen LogP contribution >= 0.6 is 0 Å². The molecule has 1 aromatic heterocycles. The van der Waals surface area contributed by atoms with Gasteiger partial charge >= 0.3 is 0 Å². The lowest BCUT2D eigenvalue weighted by Gasteiger charge is -2.19. The maximum absolute atomic E-state index is 5.71. The van der Waals surface area contributed by atoms with E-state index in [2.05, 4.69) is 23.4 Å². The quantitative estimate of drug-likeness (QED) is 0.858. The first-order valence-corrected chi connectivity index (χ1v) is 8.09. The summed E-state index contributed by atoms with van der Waals surface area (Å²) in [5, 5.41) is 3.65. The van der Waals surface area contributed by atoms with Crippen molar-refractivity contribution in [1.29, 1.82) is 0 Å². The van der Waals surface area contributed by atoms with Crippen LogP contribution in [-0.2, 0) is 11.2 Å². The van der Waals surface area contributed by atoms with Crippen LogP contribution in [0.15, 0.2) is 6.20 Å². The van der Waals surface area contributed by atoms with Crippen molar-refractivity contribution in [3.63, 3.8) is 0 Å². The molecule has 2 aliphatic rings. The molecule has 1 N–H and O–H groups in total. The lowest BCUT2D eigenvalue weighted by molar-refractivity contribution is 0.105. The Morgan fingerprint density at radius 1 is 1.30 bits per heavy atom. The summed E-state index contributed by atoms with van der Waals surface area (Å²) < 4.78 is 5.71. The maximum atomic E-state index is 5.71. The van der Waals surface area contributed by atoms with Crippen LogP contribution in [0.1, 0.15) is 74.7 Å². The fourth-order valence-corrected chi connectivity index (χ4v) is 3.20. The van der Waals surface area contributed by atoms with E-state index >= 15 is 0 Å². The molecule has 1 aromatic rings. The molecule has 1 fully saturated rings. The Hall–Kier alpha value is -1.00. The molecule has 2 heterocycles. The molecule has 110 valence electrons. The number of hydrogen-bond acceptors (Lipinski definition) is 4. The van der Waals surface area contributed by atoms with Crippen LogP contribution in [0, 0.1) is 0 Å². The second kappa shape index (κ2) is 6.64. The number of fused-ring (bicyclic) bond motifs is 1. The Morgan fingerprint density at radius 2 is 2.25 bits per heavy atom. The van der Waals surface area contributed by atoms with Crippen LogP contribution in [0.5, 0.6) is 0 Å². The maximum Gasteiger partial charge on any atom is 0.157 e. The Balaban J connectivity index is 1.82. The minimum atomic E-state index is 0.130. The first-order valence-electron chi connectivity index (χ1n) is 8.09. The Bertz CT molecular complexity index is 443. The normalized spacial score (nSPS) is 26.2. The number of rotatable bonds is 4. The van der Waals surface area contributed by atoms with Crippen LogP contribution in [0.25, 0.3) is 0 Å². The fraction of sp³-hybridized carbons (Fsp3) is 0.750. The molecule has 20 heavy (non-hydrogen) atoms. The molecule has 0 amide bonds. The highest BCUT2D eigenvalue weighted by Crippen LogP contribution is 2.30. The average molecular weight is 275 g/mol. The third-order valence-electron chi connectivity index (χ3n) is 4.31. The Labute approximate surface area is 121 Å². The van der Waals surface area contributed by atoms with Gasteiger partial charge in [0.25, 0.3) is 0 Å². The van der Waals surface area contributed by atoms with Crippen LogP contribution in [0.4, 0.5) is 0 Å². The number of nitrogens with one attached hydrogen (secondary N) is 1. The number of aryl methyl sites for hydroxylation is 1. The van der Waals surface area contributed by atoms with Crippen molar-refractivity contribution < 1.29 is 4.74 Å². The highest BCUT2D eigenvalue weighted by molar-refractivity contribution is 5.24. The van der Waals surface area contributed by atoms with E-state index < -0.39 is 0 Å². The van der Waals surface area contributed by atoms with E-state index in [1.54, 1.807) is 0 Å². The zero-order chi connectivity index (χ0) is 13.8. The van der Waals surface area contributed by atoms with Gasteiger partial charge in [0.05, 0.1) is 0 Å². The molecular formula is C16H25N3O. The summed E-state index contributed by atoms with van der Waals surface area (Å²) in [6.07, 6.45) is 10.3. The summed E-state index contributed by atoms with van der Waals surface area (Å²) >= 11 is 0. The van der Waals surface area contributed by atoms with Gasteiger partial charge in [0.2, 0.25) is 0 Å². The number of nitrogens with zero attached hydrogens (tertiary/aromatic N) is 2. The van der Waals surface area contributed by atoms with Gasteiger partial charge in [-0.3, -0.25) is 0 Å². The molecule has 0 aromatic carbocycles. The van der Waals surface area contributed by atoms with E-state index in [1.165, 1.54) is 36.9 Å². The molecule has 1 aliphatic carbocycles. The van der Waals surface area contributed by atoms with E-state index in [4.69, 9.17) is 9.72 Å². The largest absolute Gasteiger partial charge is 0.370 e. The van der Waals surface area contributed by atoms with Gasteiger partial charge in [0, 0.05) is 30.1 Å². The van der Waals surface area contributed by atoms with Crippen molar-refractivity contribution >= 4 is 0 Å². The number of aromatic nitrogens is 2. The lowest BCUT2D eigenvalue weighted by atomic mass is 10.0. The van der Waals surface area contributed by atoms with Crippen molar-refractivity contribution in [2.45, 2.75) is 64.0 Å². The highest BCUT2D eigenvalue weighted by atomic mass is 16.5. The highest BCUT2D eigenvalue weighted by Gasteiger charge is 2.24. The average Bonchev–Trinajstić information content (AvgIpc) is 2.94. The summed E-state index contributed by atoms with van der Waals surface area (Å²) in [7, 11) is 0.